The molecular formula is C14H16N2O4. The van der Waals surface area contributed by atoms with Crippen molar-refractivity contribution < 1.29 is 19.5 Å². The minimum absolute atomic E-state index is 0.260. The van der Waals surface area contributed by atoms with Gasteiger partial charge in [0.15, 0.2) is 0 Å². The largest absolute Gasteiger partial charge is 0.480 e. The molecule has 0 bridgehead atoms. The van der Waals surface area contributed by atoms with Crippen LogP contribution < -0.4 is 10.6 Å². The van der Waals surface area contributed by atoms with Crippen LogP contribution in [-0.2, 0) is 14.4 Å². The third-order valence-corrected chi connectivity index (χ3v) is 2.33. The highest BCUT2D eigenvalue weighted by Gasteiger charge is 2.04. The fourth-order valence-electron chi connectivity index (χ4n) is 1.41. The first kappa shape index (κ1) is 15.4. The van der Waals surface area contributed by atoms with Crippen molar-refractivity contribution in [2.45, 2.75) is 6.92 Å². The Kier molecular flexibility index (Phi) is 5.96. The summed E-state index contributed by atoms with van der Waals surface area (Å²) in [5.74, 6) is -2.11. The van der Waals surface area contributed by atoms with Gasteiger partial charge in [0.2, 0.25) is 11.8 Å². The number of benzene rings is 1. The Morgan fingerprint density at radius 3 is 2.60 bits per heavy atom. The van der Waals surface area contributed by atoms with Gasteiger partial charge in [0.25, 0.3) is 0 Å². The van der Waals surface area contributed by atoms with E-state index in [1.165, 1.54) is 6.08 Å². The second kappa shape index (κ2) is 7.73. The minimum atomic E-state index is -1.14. The van der Waals surface area contributed by atoms with Gasteiger partial charge in [0.1, 0.15) is 6.54 Å². The quantitative estimate of drug-likeness (QED) is 0.652. The van der Waals surface area contributed by atoms with Crippen LogP contribution in [0.15, 0.2) is 30.3 Å². The monoisotopic (exact) mass is 276 g/mol. The molecule has 3 N–H and O–H groups in total. The maximum absolute atomic E-state index is 11.4. The number of nitrogens with one attached hydrogen (secondary N) is 2. The molecule has 1 aromatic carbocycles. The highest BCUT2D eigenvalue weighted by Crippen LogP contribution is 2.05. The Labute approximate surface area is 116 Å². The molecule has 1 rings (SSSR count). The summed E-state index contributed by atoms with van der Waals surface area (Å²) in [4.78, 5) is 32.8. The molecule has 0 aliphatic rings. The number of aryl methyl sites for hydroxylation is 1. The first-order chi connectivity index (χ1) is 9.47. The fraction of sp³-hybridized carbons (Fsp3) is 0.214. The summed E-state index contributed by atoms with van der Waals surface area (Å²) in [7, 11) is 0. The lowest BCUT2D eigenvalue weighted by Crippen LogP contribution is -2.38. The van der Waals surface area contributed by atoms with Crippen molar-refractivity contribution >= 4 is 23.9 Å². The molecule has 0 saturated carbocycles. The highest BCUT2D eigenvalue weighted by atomic mass is 16.4. The minimum Gasteiger partial charge on any atom is -0.480 e. The second-order valence-corrected chi connectivity index (χ2v) is 4.14. The van der Waals surface area contributed by atoms with Gasteiger partial charge in [-0.2, -0.15) is 0 Å². The van der Waals surface area contributed by atoms with Crippen molar-refractivity contribution in [1.29, 1.82) is 0 Å². The number of carbonyl (C=O) groups excluding carboxylic acids is 2. The molecule has 2 amide bonds. The first-order valence-corrected chi connectivity index (χ1v) is 5.98. The molecule has 0 unspecified atom stereocenters. The molecule has 0 aromatic heterocycles. The van der Waals surface area contributed by atoms with Crippen LogP contribution in [0, 0.1) is 6.92 Å². The van der Waals surface area contributed by atoms with Gasteiger partial charge < -0.3 is 15.7 Å². The Balaban J connectivity index is 2.36. The van der Waals surface area contributed by atoms with Crippen molar-refractivity contribution in [2.24, 2.45) is 0 Å². The molecule has 0 radical (unpaired) electrons. The predicted octanol–water partition coefficient (Wildman–Crippen LogP) is 0.325. The number of hydrogen-bond donors (Lipinski definition) is 3. The van der Waals surface area contributed by atoms with Gasteiger partial charge in [-0.25, -0.2) is 0 Å². The zero-order chi connectivity index (χ0) is 15.0. The van der Waals surface area contributed by atoms with E-state index in [4.69, 9.17) is 5.11 Å². The van der Waals surface area contributed by atoms with Gasteiger partial charge >= 0.3 is 5.97 Å². The van der Waals surface area contributed by atoms with E-state index in [1.54, 1.807) is 6.08 Å². The summed E-state index contributed by atoms with van der Waals surface area (Å²) in [5.41, 5.74) is 1.97. The summed E-state index contributed by atoms with van der Waals surface area (Å²) in [5, 5.41) is 12.9. The van der Waals surface area contributed by atoms with E-state index in [-0.39, 0.29) is 6.54 Å². The average Bonchev–Trinajstić information content (AvgIpc) is 2.40. The molecule has 0 heterocycles. The van der Waals surface area contributed by atoms with Crippen LogP contribution in [0.4, 0.5) is 0 Å². The van der Waals surface area contributed by atoms with Gasteiger partial charge in [-0.15, -0.1) is 0 Å². The van der Waals surface area contributed by atoms with Crippen LogP contribution in [0.5, 0.6) is 0 Å². The topological polar surface area (TPSA) is 95.5 Å². The molecule has 6 heteroatoms. The van der Waals surface area contributed by atoms with E-state index in [1.807, 2.05) is 31.2 Å². The number of carboxylic acid groups (broad SMARTS) is 1. The molecule has 0 atom stereocenters. The van der Waals surface area contributed by atoms with Gasteiger partial charge in [-0.1, -0.05) is 29.8 Å². The Morgan fingerprint density at radius 1 is 1.20 bits per heavy atom. The van der Waals surface area contributed by atoms with E-state index in [0.717, 1.165) is 11.1 Å². The third-order valence-electron chi connectivity index (χ3n) is 2.33. The van der Waals surface area contributed by atoms with Gasteiger partial charge in [0.05, 0.1) is 6.54 Å². The van der Waals surface area contributed by atoms with Crippen LogP contribution in [0.25, 0.3) is 6.08 Å². The fourth-order valence-corrected chi connectivity index (χ4v) is 1.41. The molecule has 20 heavy (non-hydrogen) atoms. The summed E-state index contributed by atoms with van der Waals surface area (Å²) < 4.78 is 0. The lowest BCUT2D eigenvalue weighted by atomic mass is 10.1. The highest BCUT2D eigenvalue weighted by molar-refractivity contribution is 5.94. The van der Waals surface area contributed by atoms with Crippen LogP contribution in [0.1, 0.15) is 11.1 Å². The third kappa shape index (κ3) is 6.34. The summed E-state index contributed by atoms with van der Waals surface area (Å²) in [6.45, 7) is 1.22. The Bertz CT molecular complexity index is 538. The summed E-state index contributed by atoms with van der Waals surface area (Å²) in [6, 6.07) is 7.61. The number of carboxylic acids is 1. The lowest BCUT2D eigenvalue weighted by molar-refractivity contribution is -0.137. The van der Waals surface area contributed by atoms with E-state index < -0.39 is 24.3 Å². The number of hydrogen-bond acceptors (Lipinski definition) is 3. The molecular weight excluding hydrogens is 260 g/mol. The van der Waals surface area contributed by atoms with Crippen LogP contribution in [0.2, 0.25) is 0 Å². The molecule has 0 aliphatic carbocycles. The van der Waals surface area contributed by atoms with Crippen molar-refractivity contribution in [1.82, 2.24) is 10.6 Å². The molecule has 0 spiro atoms. The van der Waals surface area contributed by atoms with Gasteiger partial charge in [0, 0.05) is 6.08 Å². The Hall–Kier alpha value is -2.63. The molecule has 1 aromatic rings. The van der Waals surface area contributed by atoms with Crippen LogP contribution in [-0.4, -0.2) is 36.0 Å². The zero-order valence-corrected chi connectivity index (χ0v) is 11.1. The van der Waals surface area contributed by atoms with Crippen molar-refractivity contribution in [3.8, 4) is 0 Å². The van der Waals surface area contributed by atoms with Crippen LogP contribution >= 0.6 is 0 Å². The molecule has 0 saturated heterocycles. The summed E-state index contributed by atoms with van der Waals surface area (Å²) >= 11 is 0. The molecule has 6 nitrogen and oxygen atoms in total. The normalized spacial score (nSPS) is 10.2. The molecule has 0 fully saturated rings. The molecule has 0 aliphatic heterocycles. The maximum atomic E-state index is 11.4. The number of rotatable bonds is 6. The van der Waals surface area contributed by atoms with E-state index in [0.29, 0.717) is 0 Å². The lowest BCUT2D eigenvalue weighted by Gasteiger charge is -2.02. The SMILES string of the molecule is Cc1cccc(/C=C/C(=O)NCC(=O)NCC(=O)O)c1. The van der Waals surface area contributed by atoms with Crippen molar-refractivity contribution in [3.05, 3.63) is 41.5 Å². The first-order valence-electron chi connectivity index (χ1n) is 5.98. The number of amides is 2. The second-order valence-electron chi connectivity index (χ2n) is 4.14. The molecule has 106 valence electrons. The zero-order valence-electron chi connectivity index (χ0n) is 11.1. The summed E-state index contributed by atoms with van der Waals surface area (Å²) in [6.07, 6.45) is 2.96. The smallest absolute Gasteiger partial charge is 0.322 e. The van der Waals surface area contributed by atoms with E-state index >= 15 is 0 Å². The van der Waals surface area contributed by atoms with E-state index in [9.17, 15) is 14.4 Å². The number of carbonyl (C=O) groups is 3. The van der Waals surface area contributed by atoms with Gasteiger partial charge in [-0.3, -0.25) is 14.4 Å². The van der Waals surface area contributed by atoms with Crippen molar-refractivity contribution in [2.75, 3.05) is 13.1 Å². The van der Waals surface area contributed by atoms with Gasteiger partial charge in [-0.05, 0) is 18.6 Å². The van der Waals surface area contributed by atoms with Crippen LogP contribution in [0.3, 0.4) is 0 Å². The maximum Gasteiger partial charge on any atom is 0.322 e. The van der Waals surface area contributed by atoms with Crippen molar-refractivity contribution in [3.63, 3.8) is 0 Å². The standard InChI is InChI=1S/C14H16N2O4/c1-10-3-2-4-11(7-10)5-6-12(17)15-8-13(18)16-9-14(19)20/h2-7H,8-9H2,1H3,(H,15,17)(H,16,18)(H,19,20)/b6-5+. The number of aliphatic carboxylic acids is 1. The predicted molar refractivity (Wildman–Crippen MR) is 73.9 cm³/mol. The average molecular weight is 276 g/mol. The van der Waals surface area contributed by atoms with E-state index in [2.05, 4.69) is 10.6 Å². The Morgan fingerprint density at radius 2 is 1.95 bits per heavy atom.